The lowest BCUT2D eigenvalue weighted by atomic mass is 10.1. The van der Waals surface area contributed by atoms with Crippen molar-refractivity contribution >= 4 is 13.8 Å². The molecule has 0 fully saturated rings. The summed E-state index contributed by atoms with van der Waals surface area (Å²) in [6.07, 6.45) is 50.9. The Morgan fingerprint density at radius 2 is 1.02 bits per heavy atom. The zero-order valence-corrected chi connectivity index (χ0v) is 38.4. The third-order valence-electron chi connectivity index (χ3n) is 9.55. The van der Waals surface area contributed by atoms with Gasteiger partial charge in [0.25, 0.3) is 7.82 Å². The molecule has 0 N–H and O–H groups in total. The van der Waals surface area contributed by atoms with E-state index in [0.717, 1.165) is 70.6 Å². The first kappa shape index (κ1) is 55.2. The molecule has 0 aromatic rings. The standard InChI is InChI=1S/C48H88NO7P/c1-6-8-10-12-14-16-18-20-22-24-25-26-27-29-31-33-35-37-39-41-48(50)56-47(46-55-57(51,52)54-44-42-49(3,4)5)45-53-43-40-38-36-34-32-30-28-23-21-19-17-15-13-11-9-7-2/h8,10,14,16,20-23,25-26,47H,6-7,9,11-13,15,17-19,24,27-46H2,1-5H3/b10-8-,16-14-,22-20-,23-21-,26-25-. The van der Waals surface area contributed by atoms with Crippen molar-refractivity contribution in [1.29, 1.82) is 0 Å². The van der Waals surface area contributed by atoms with Crippen molar-refractivity contribution in [3.05, 3.63) is 60.8 Å². The molecule has 2 unspecified atom stereocenters. The van der Waals surface area contributed by atoms with Crippen molar-refractivity contribution in [3.8, 4) is 0 Å². The number of likely N-dealkylation sites (N-methyl/N-ethyl adjacent to an activating group) is 1. The molecule has 0 radical (unpaired) electrons. The van der Waals surface area contributed by atoms with Gasteiger partial charge in [-0.2, -0.15) is 0 Å². The lowest BCUT2D eigenvalue weighted by Crippen LogP contribution is -2.37. The van der Waals surface area contributed by atoms with Crippen LogP contribution in [0, 0.1) is 0 Å². The van der Waals surface area contributed by atoms with E-state index in [4.69, 9.17) is 18.5 Å². The van der Waals surface area contributed by atoms with Gasteiger partial charge in [0.1, 0.15) is 19.3 Å². The summed E-state index contributed by atoms with van der Waals surface area (Å²) in [5.41, 5.74) is 0. The third-order valence-corrected chi connectivity index (χ3v) is 10.5. The number of nitrogens with zero attached hydrogens (tertiary/aromatic N) is 1. The molecule has 57 heavy (non-hydrogen) atoms. The summed E-state index contributed by atoms with van der Waals surface area (Å²) in [6, 6.07) is 0. The number of rotatable bonds is 42. The Hall–Kier alpha value is -1.80. The summed E-state index contributed by atoms with van der Waals surface area (Å²) in [6.45, 7) is 5.26. The van der Waals surface area contributed by atoms with E-state index in [0.29, 0.717) is 24.1 Å². The van der Waals surface area contributed by atoms with E-state index >= 15 is 0 Å². The van der Waals surface area contributed by atoms with Gasteiger partial charge in [0.15, 0.2) is 0 Å². The summed E-state index contributed by atoms with van der Waals surface area (Å²) >= 11 is 0. The van der Waals surface area contributed by atoms with Gasteiger partial charge in [0, 0.05) is 13.0 Å². The first-order valence-corrected chi connectivity index (χ1v) is 24.5. The summed E-state index contributed by atoms with van der Waals surface area (Å²) in [7, 11) is 1.33. The number of carbonyl (C=O) groups is 1. The van der Waals surface area contributed by atoms with E-state index in [2.05, 4.69) is 74.6 Å². The highest BCUT2D eigenvalue weighted by Crippen LogP contribution is 2.38. The molecular formula is C48H88NO7P. The normalized spacial score (nSPS) is 14.3. The maximum Gasteiger partial charge on any atom is 0.306 e. The number of phosphoric ester groups is 1. The van der Waals surface area contributed by atoms with E-state index in [9.17, 15) is 14.3 Å². The molecule has 9 heteroatoms. The highest BCUT2D eigenvalue weighted by atomic mass is 31.2. The number of hydrogen-bond acceptors (Lipinski definition) is 7. The maximum atomic E-state index is 12.7. The molecule has 0 heterocycles. The molecule has 0 rings (SSSR count). The van der Waals surface area contributed by atoms with Crippen LogP contribution in [0.5, 0.6) is 0 Å². The first-order valence-electron chi connectivity index (χ1n) is 23.0. The minimum Gasteiger partial charge on any atom is -0.756 e. The minimum atomic E-state index is -4.53. The lowest BCUT2D eigenvalue weighted by Gasteiger charge is -2.28. The van der Waals surface area contributed by atoms with Crippen LogP contribution in [0.15, 0.2) is 60.8 Å². The lowest BCUT2D eigenvalue weighted by molar-refractivity contribution is -0.870. The average Bonchev–Trinajstić information content (AvgIpc) is 3.16. The summed E-state index contributed by atoms with van der Waals surface area (Å²) in [4.78, 5) is 25.1. The summed E-state index contributed by atoms with van der Waals surface area (Å²) < 4.78 is 34.6. The van der Waals surface area contributed by atoms with Crippen molar-refractivity contribution in [2.45, 2.75) is 187 Å². The van der Waals surface area contributed by atoms with Gasteiger partial charge in [-0.25, -0.2) is 0 Å². The third kappa shape index (κ3) is 45.1. The molecule has 332 valence electrons. The number of unbranched alkanes of at least 4 members (excludes halogenated alkanes) is 18. The van der Waals surface area contributed by atoms with Gasteiger partial charge in [-0.05, 0) is 77.0 Å². The number of ether oxygens (including phenoxy) is 2. The molecule has 0 aliphatic rings. The maximum absolute atomic E-state index is 12.7. The van der Waals surface area contributed by atoms with Crippen LogP contribution in [0.1, 0.15) is 181 Å². The number of hydrogen-bond donors (Lipinski definition) is 0. The largest absolute Gasteiger partial charge is 0.756 e. The Kier molecular flexibility index (Phi) is 39.7. The highest BCUT2D eigenvalue weighted by Gasteiger charge is 2.20. The molecule has 2 atom stereocenters. The van der Waals surface area contributed by atoms with E-state index in [1.807, 2.05) is 21.1 Å². The molecule has 0 spiro atoms. The Morgan fingerprint density at radius 3 is 1.54 bits per heavy atom. The zero-order valence-electron chi connectivity index (χ0n) is 37.5. The van der Waals surface area contributed by atoms with Crippen LogP contribution in [-0.2, 0) is 27.9 Å². The topological polar surface area (TPSA) is 94.1 Å². The SMILES string of the molecule is CC/C=C\C/C=C\C/C=C\C/C=C\CCCCCCCCC(=O)OC(COCCCCCCCC/C=C\CCCCCCCC)COP(=O)([O-])OCC[N+](C)(C)C. The second-order valence-corrected chi connectivity index (χ2v) is 17.8. The number of carbonyl (C=O) groups excluding carboxylic acids is 1. The molecule has 0 aromatic heterocycles. The fourth-order valence-corrected chi connectivity index (χ4v) is 6.73. The van der Waals surface area contributed by atoms with Crippen molar-refractivity contribution in [2.75, 3.05) is 54.1 Å². The van der Waals surface area contributed by atoms with Gasteiger partial charge in [-0.1, -0.05) is 158 Å². The van der Waals surface area contributed by atoms with Crippen LogP contribution < -0.4 is 4.89 Å². The molecule has 0 saturated carbocycles. The van der Waals surface area contributed by atoms with Crippen molar-refractivity contribution in [3.63, 3.8) is 0 Å². The second-order valence-electron chi connectivity index (χ2n) is 16.4. The predicted octanol–water partition coefficient (Wildman–Crippen LogP) is 13.1. The van der Waals surface area contributed by atoms with Crippen LogP contribution in [0.3, 0.4) is 0 Å². The Morgan fingerprint density at radius 1 is 0.561 bits per heavy atom. The van der Waals surface area contributed by atoms with Gasteiger partial charge in [0.2, 0.25) is 0 Å². The highest BCUT2D eigenvalue weighted by molar-refractivity contribution is 7.45. The van der Waals surface area contributed by atoms with E-state index < -0.39 is 13.9 Å². The van der Waals surface area contributed by atoms with E-state index in [-0.39, 0.29) is 25.8 Å². The molecule has 0 bridgehead atoms. The van der Waals surface area contributed by atoms with Gasteiger partial charge >= 0.3 is 5.97 Å². The smallest absolute Gasteiger partial charge is 0.306 e. The average molecular weight is 822 g/mol. The van der Waals surface area contributed by atoms with Crippen molar-refractivity contribution < 1.29 is 37.3 Å². The van der Waals surface area contributed by atoms with Crippen LogP contribution >= 0.6 is 7.82 Å². The van der Waals surface area contributed by atoms with Crippen LogP contribution in [-0.4, -0.2) is 70.7 Å². The summed E-state index contributed by atoms with van der Waals surface area (Å²) in [5, 5.41) is 0. The molecule has 0 saturated heterocycles. The zero-order chi connectivity index (χ0) is 42.0. The van der Waals surface area contributed by atoms with Gasteiger partial charge in [0.05, 0.1) is 34.4 Å². The van der Waals surface area contributed by atoms with Crippen LogP contribution in [0.4, 0.5) is 0 Å². The molecule has 8 nitrogen and oxygen atoms in total. The Bertz CT molecular complexity index is 1090. The Balaban J connectivity index is 4.26. The predicted molar refractivity (Wildman–Crippen MR) is 240 cm³/mol. The van der Waals surface area contributed by atoms with Crippen molar-refractivity contribution in [2.24, 2.45) is 0 Å². The van der Waals surface area contributed by atoms with E-state index in [1.54, 1.807) is 0 Å². The first-order chi connectivity index (χ1) is 27.6. The van der Waals surface area contributed by atoms with Crippen molar-refractivity contribution in [1.82, 2.24) is 0 Å². The quantitative estimate of drug-likeness (QED) is 0.0199. The molecule has 0 amide bonds. The number of allylic oxidation sites excluding steroid dienone is 10. The second kappa shape index (κ2) is 41.0. The minimum absolute atomic E-state index is 0.0195. The fourth-order valence-electron chi connectivity index (χ4n) is 6.00. The number of phosphoric acid groups is 1. The molecule has 0 aliphatic carbocycles. The fraction of sp³-hybridized carbons (Fsp3) is 0.771. The van der Waals surface area contributed by atoms with Gasteiger partial charge < -0.3 is 27.9 Å². The van der Waals surface area contributed by atoms with Crippen LogP contribution in [0.25, 0.3) is 0 Å². The van der Waals surface area contributed by atoms with Crippen LogP contribution in [0.2, 0.25) is 0 Å². The van der Waals surface area contributed by atoms with Gasteiger partial charge in [-0.3, -0.25) is 9.36 Å². The number of quaternary nitrogens is 1. The molecule has 0 aromatic carbocycles. The number of esters is 1. The monoisotopic (exact) mass is 822 g/mol. The molecule has 0 aliphatic heterocycles. The van der Waals surface area contributed by atoms with Gasteiger partial charge in [-0.15, -0.1) is 0 Å². The molecular weight excluding hydrogens is 734 g/mol. The van der Waals surface area contributed by atoms with E-state index in [1.165, 1.54) is 89.9 Å². The Labute approximate surface area is 351 Å². The summed E-state index contributed by atoms with van der Waals surface area (Å²) in [5.74, 6) is -0.351.